The number of aryl methyl sites for hydroxylation is 2. The first-order valence-corrected chi connectivity index (χ1v) is 7.76. The van der Waals surface area contributed by atoms with Crippen molar-refractivity contribution in [2.45, 2.75) is 20.4 Å². The third kappa shape index (κ3) is 3.54. The van der Waals surface area contributed by atoms with Gasteiger partial charge in [0.1, 0.15) is 12.4 Å². The van der Waals surface area contributed by atoms with E-state index in [9.17, 15) is 4.79 Å². The van der Waals surface area contributed by atoms with Crippen LogP contribution >= 0.6 is 11.6 Å². The molecule has 0 fully saturated rings. The molecule has 0 unspecified atom stereocenters. The molecule has 4 nitrogen and oxygen atoms in total. The smallest absolute Gasteiger partial charge is 0.261 e. The van der Waals surface area contributed by atoms with Crippen LogP contribution in [0, 0.1) is 13.8 Å². The van der Waals surface area contributed by atoms with E-state index < -0.39 is 0 Å². The fourth-order valence-corrected chi connectivity index (χ4v) is 2.74. The molecule has 2 aromatic carbocycles. The van der Waals surface area contributed by atoms with Crippen LogP contribution < -0.4 is 10.3 Å². The lowest BCUT2D eigenvalue weighted by Crippen LogP contribution is -2.23. The van der Waals surface area contributed by atoms with Crippen LogP contribution in [-0.2, 0) is 6.54 Å². The minimum absolute atomic E-state index is 0.110. The Kier molecular flexibility index (Phi) is 4.35. The maximum atomic E-state index is 12.4. The number of hydrogen-bond donors (Lipinski definition) is 0. The van der Waals surface area contributed by atoms with Gasteiger partial charge in [0.15, 0.2) is 0 Å². The maximum Gasteiger partial charge on any atom is 0.261 e. The van der Waals surface area contributed by atoms with Crippen LogP contribution in [0.15, 0.2) is 47.5 Å². The van der Waals surface area contributed by atoms with Gasteiger partial charge >= 0.3 is 0 Å². The van der Waals surface area contributed by atoms with Gasteiger partial charge in [-0.2, -0.15) is 0 Å². The minimum Gasteiger partial charge on any atom is -0.492 e. The Bertz CT molecular complexity index is 898. The standard InChI is InChI=1S/C18H17ClN2O2/c1-12-7-13(2)9-15(8-12)23-6-5-21-11-20-17-4-3-14(19)10-16(17)18(21)22/h3-4,7-11H,5-6H2,1-2H3. The number of fused-ring (bicyclic) bond motifs is 1. The molecule has 0 saturated heterocycles. The number of halogens is 1. The Balaban J connectivity index is 1.77. The first kappa shape index (κ1) is 15.6. The highest BCUT2D eigenvalue weighted by Gasteiger charge is 2.05. The third-order valence-electron chi connectivity index (χ3n) is 3.58. The van der Waals surface area contributed by atoms with Gasteiger partial charge in [0.05, 0.1) is 23.8 Å². The summed E-state index contributed by atoms with van der Waals surface area (Å²) in [5.74, 6) is 0.812. The van der Waals surface area contributed by atoms with Crippen molar-refractivity contribution >= 4 is 22.5 Å². The molecule has 0 atom stereocenters. The van der Waals surface area contributed by atoms with Crippen LogP contribution in [0.25, 0.3) is 10.9 Å². The van der Waals surface area contributed by atoms with Crippen molar-refractivity contribution in [1.29, 1.82) is 0 Å². The Labute approximate surface area is 139 Å². The van der Waals surface area contributed by atoms with E-state index in [1.165, 1.54) is 0 Å². The Morgan fingerprint density at radius 3 is 2.61 bits per heavy atom. The number of benzene rings is 2. The number of nitrogens with zero attached hydrogens (tertiary/aromatic N) is 2. The van der Waals surface area contributed by atoms with Gasteiger partial charge in [0.2, 0.25) is 0 Å². The second kappa shape index (κ2) is 6.42. The topological polar surface area (TPSA) is 44.1 Å². The summed E-state index contributed by atoms with van der Waals surface area (Å²) < 4.78 is 7.29. The SMILES string of the molecule is Cc1cc(C)cc(OCCn2cnc3ccc(Cl)cc3c2=O)c1. The van der Waals surface area contributed by atoms with E-state index in [0.29, 0.717) is 29.1 Å². The molecule has 0 amide bonds. The normalized spacial score (nSPS) is 10.9. The second-order valence-corrected chi connectivity index (χ2v) is 6.01. The zero-order chi connectivity index (χ0) is 16.4. The van der Waals surface area contributed by atoms with Crippen molar-refractivity contribution < 1.29 is 4.74 Å². The zero-order valence-corrected chi connectivity index (χ0v) is 13.8. The number of aromatic nitrogens is 2. The van der Waals surface area contributed by atoms with E-state index >= 15 is 0 Å². The van der Waals surface area contributed by atoms with Crippen molar-refractivity contribution in [1.82, 2.24) is 9.55 Å². The quantitative estimate of drug-likeness (QED) is 0.732. The van der Waals surface area contributed by atoms with E-state index in [2.05, 4.69) is 11.1 Å². The van der Waals surface area contributed by atoms with Crippen molar-refractivity contribution in [3.8, 4) is 5.75 Å². The summed E-state index contributed by atoms with van der Waals surface area (Å²) in [7, 11) is 0. The van der Waals surface area contributed by atoms with Gasteiger partial charge in [-0.05, 0) is 55.3 Å². The molecule has 5 heteroatoms. The molecule has 0 aliphatic rings. The monoisotopic (exact) mass is 328 g/mol. The molecule has 0 saturated carbocycles. The van der Waals surface area contributed by atoms with E-state index in [1.807, 2.05) is 26.0 Å². The summed E-state index contributed by atoms with van der Waals surface area (Å²) in [4.78, 5) is 16.7. The Morgan fingerprint density at radius 2 is 1.87 bits per heavy atom. The lowest BCUT2D eigenvalue weighted by Gasteiger charge is -2.10. The maximum absolute atomic E-state index is 12.4. The molecular weight excluding hydrogens is 312 g/mol. The van der Waals surface area contributed by atoms with Gasteiger partial charge in [0.25, 0.3) is 5.56 Å². The molecule has 0 spiro atoms. The first-order valence-electron chi connectivity index (χ1n) is 7.39. The van der Waals surface area contributed by atoms with Crippen LogP contribution in [0.3, 0.4) is 0 Å². The summed E-state index contributed by atoms with van der Waals surface area (Å²) in [6.45, 7) is 4.89. The molecular formula is C18H17ClN2O2. The summed E-state index contributed by atoms with van der Waals surface area (Å²) in [5.41, 5.74) is 2.84. The third-order valence-corrected chi connectivity index (χ3v) is 3.82. The molecule has 3 aromatic rings. The van der Waals surface area contributed by atoms with Crippen LogP contribution in [0.1, 0.15) is 11.1 Å². The van der Waals surface area contributed by atoms with Gasteiger partial charge in [-0.3, -0.25) is 9.36 Å². The van der Waals surface area contributed by atoms with Crippen LogP contribution in [0.4, 0.5) is 0 Å². The fraction of sp³-hybridized carbons (Fsp3) is 0.222. The lowest BCUT2D eigenvalue weighted by molar-refractivity contribution is 0.295. The largest absolute Gasteiger partial charge is 0.492 e. The summed E-state index contributed by atoms with van der Waals surface area (Å²) in [5, 5.41) is 1.05. The highest BCUT2D eigenvalue weighted by atomic mass is 35.5. The van der Waals surface area contributed by atoms with E-state index in [0.717, 1.165) is 16.9 Å². The van der Waals surface area contributed by atoms with Gasteiger partial charge in [0, 0.05) is 5.02 Å². The molecule has 0 aliphatic carbocycles. The summed E-state index contributed by atoms with van der Waals surface area (Å²) in [6, 6.07) is 11.2. The van der Waals surface area contributed by atoms with Crippen molar-refractivity contribution in [3.05, 3.63) is 69.2 Å². The van der Waals surface area contributed by atoms with E-state index in [4.69, 9.17) is 16.3 Å². The number of rotatable bonds is 4. The average Bonchev–Trinajstić information content (AvgIpc) is 2.49. The molecule has 0 radical (unpaired) electrons. The lowest BCUT2D eigenvalue weighted by atomic mass is 10.1. The van der Waals surface area contributed by atoms with Crippen molar-refractivity contribution in [2.24, 2.45) is 0 Å². The first-order chi connectivity index (χ1) is 11.0. The molecule has 0 N–H and O–H groups in total. The molecule has 0 bridgehead atoms. The molecule has 1 aromatic heterocycles. The minimum atomic E-state index is -0.110. The van der Waals surface area contributed by atoms with E-state index in [1.54, 1.807) is 29.1 Å². The van der Waals surface area contributed by atoms with Gasteiger partial charge in [-0.15, -0.1) is 0 Å². The molecule has 118 valence electrons. The molecule has 23 heavy (non-hydrogen) atoms. The Morgan fingerprint density at radius 1 is 1.13 bits per heavy atom. The molecule has 1 heterocycles. The van der Waals surface area contributed by atoms with Gasteiger partial charge in [-0.25, -0.2) is 4.98 Å². The van der Waals surface area contributed by atoms with Crippen LogP contribution in [-0.4, -0.2) is 16.2 Å². The van der Waals surface area contributed by atoms with Gasteiger partial charge < -0.3 is 4.74 Å². The van der Waals surface area contributed by atoms with Gasteiger partial charge in [-0.1, -0.05) is 17.7 Å². The van der Waals surface area contributed by atoms with Crippen molar-refractivity contribution in [3.63, 3.8) is 0 Å². The van der Waals surface area contributed by atoms with Crippen LogP contribution in [0.2, 0.25) is 5.02 Å². The highest BCUT2D eigenvalue weighted by Crippen LogP contribution is 2.16. The number of ether oxygens (including phenoxy) is 1. The number of hydrogen-bond acceptors (Lipinski definition) is 3. The fourth-order valence-electron chi connectivity index (χ4n) is 2.57. The summed E-state index contributed by atoms with van der Waals surface area (Å²) >= 11 is 5.96. The highest BCUT2D eigenvalue weighted by molar-refractivity contribution is 6.31. The summed E-state index contributed by atoms with van der Waals surface area (Å²) in [6.07, 6.45) is 1.55. The Hall–Kier alpha value is -2.33. The van der Waals surface area contributed by atoms with E-state index in [-0.39, 0.29) is 5.56 Å². The second-order valence-electron chi connectivity index (χ2n) is 5.58. The zero-order valence-electron chi connectivity index (χ0n) is 13.0. The predicted octanol–water partition coefficient (Wildman–Crippen LogP) is 3.75. The molecule has 3 rings (SSSR count). The average molecular weight is 329 g/mol. The molecule has 0 aliphatic heterocycles. The van der Waals surface area contributed by atoms with Crippen LogP contribution in [0.5, 0.6) is 5.75 Å². The van der Waals surface area contributed by atoms with Crippen molar-refractivity contribution in [2.75, 3.05) is 6.61 Å². The predicted molar refractivity (Wildman–Crippen MR) is 92.4 cm³/mol.